The van der Waals surface area contributed by atoms with Crippen molar-refractivity contribution in [2.24, 2.45) is 5.73 Å². The zero-order valence-corrected chi connectivity index (χ0v) is 9.33. The fraction of sp³-hybridized carbons (Fsp3) is 0.818. The number of aromatic nitrogens is 2. The first-order valence-corrected chi connectivity index (χ1v) is 5.78. The summed E-state index contributed by atoms with van der Waals surface area (Å²) in [6.45, 7) is 2.96. The van der Waals surface area contributed by atoms with Gasteiger partial charge in [-0.25, -0.2) is 0 Å². The molecule has 1 heterocycles. The summed E-state index contributed by atoms with van der Waals surface area (Å²) in [5, 5.41) is 4.04. The van der Waals surface area contributed by atoms with Gasteiger partial charge in [-0.05, 0) is 32.2 Å². The van der Waals surface area contributed by atoms with Gasteiger partial charge in [-0.1, -0.05) is 18.5 Å². The average molecular weight is 209 g/mol. The summed E-state index contributed by atoms with van der Waals surface area (Å²) in [6.07, 6.45) is 6.60. The zero-order chi connectivity index (χ0) is 10.7. The number of hydrogen-bond donors (Lipinski definition) is 1. The summed E-state index contributed by atoms with van der Waals surface area (Å²) >= 11 is 0. The first-order valence-electron chi connectivity index (χ1n) is 5.78. The number of rotatable bonds is 6. The van der Waals surface area contributed by atoms with Crippen LogP contribution in [0.5, 0.6) is 0 Å². The topological polar surface area (TPSA) is 64.9 Å². The van der Waals surface area contributed by atoms with Crippen molar-refractivity contribution in [3.8, 4) is 0 Å². The van der Waals surface area contributed by atoms with Gasteiger partial charge in [0.1, 0.15) is 0 Å². The number of hydrogen-bond acceptors (Lipinski definition) is 4. The van der Waals surface area contributed by atoms with Gasteiger partial charge in [0.25, 0.3) is 0 Å². The second-order valence-corrected chi connectivity index (χ2v) is 4.67. The van der Waals surface area contributed by atoms with Gasteiger partial charge >= 0.3 is 0 Å². The van der Waals surface area contributed by atoms with Gasteiger partial charge in [0.2, 0.25) is 5.89 Å². The summed E-state index contributed by atoms with van der Waals surface area (Å²) in [6, 6.07) is 0. The summed E-state index contributed by atoms with van der Waals surface area (Å²) in [5.41, 5.74) is 5.65. The van der Waals surface area contributed by atoms with E-state index in [1.165, 1.54) is 12.8 Å². The van der Waals surface area contributed by atoms with E-state index in [2.05, 4.69) is 17.1 Å². The Morgan fingerprint density at radius 2 is 2.13 bits per heavy atom. The van der Waals surface area contributed by atoms with Crippen molar-refractivity contribution in [1.82, 2.24) is 10.1 Å². The van der Waals surface area contributed by atoms with Gasteiger partial charge in [-0.15, -0.1) is 0 Å². The predicted octanol–water partition coefficient (Wildman–Crippen LogP) is 1.79. The lowest BCUT2D eigenvalue weighted by molar-refractivity contribution is 0.365. The van der Waals surface area contributed by atoms with Crippen molar-refractivity contribution in [1.29, 1.82) is 0 Å². The molecule has 2 N–H and O–H groups in total. The first-order chi connectivity index (χ1) is 7.24. The molecule has 0 saturated heterocycles. The summed E-state index contributed by atoms with van der Waals surface area (Å²) in [4.78, 5) is 4.43. The molecule has 1 aromatic rings. The Morgan fingerprint density at radius 1 is 1.33 bits per heavy atom. The van der Waals surface area contributed by atoms with E-state index in [9.17, 15) is 0 Å². The van der Waals surface area contributed by atoms with Crippen molar-refractivity contribution in [2.75, 3.05) is 6.54 Å². The second kappa shape index (κ2) is 4.31. The Labute approximate surface area is 90.2 Å². The highest BCUT2D eigenvalue weighted by Gasteiger charge is 2.43. The first kappa shape index (κ1) is 10.6. The number of nitrogens with two attached hydrogens (primary N) is 1. The van der Waals surface area contributed by atoms with E-state index in [0.717, 1.165) is 43.9 Å². The molecule has 1 aliphatic rings. The van der Waals surface area contributed by atoms with Gasteiger partial charge in [0.05, 0.1) is 0 Å². The molecule has 1 aromatic heterocycles. The maximum absolute atomic E-state index is 5.43. The minimum atomic E-state index is 0.221. The van der Waals surface area contributed by atoms with E-state index in [1.807, 2.05) is 0 Å². The molecule has 4 nitrogen and oxygen atoms in total. The van der Waals surface area contributed by atoms with Crippen molar-refractivity contribution < 1.29 is 4.52 Å². The molecule has 0 amide bonds. The Bertz CT molecular complexity index is 317. The van der Waals surface area contributed by atoms with Crippen LogP contribution in [-0.4, -0.2) is 16.7 Å². The lowest BCUT2D eigenvalue weighted by Gasteiger charge is -1.97. The summed E-state index contributed by atoms with van der Waals surface area (Å²) in [7, 11) is 0. The fourth-order valence-electron chi connectivity index (χ4n) is 1.61. The third kappa shape index (κ3) is 2.56. The van der Waals surface area contributed by atoms with Crippen LogP contribution in [0.2, 0.25) is 0 Å². The summed E-state index contributed by atoms with van der Waals surface area (Å²) in [5.74, 6) is 1.69. The van der Waals surface area contributed by atoms with Crippen LogP contribution >= 0.6 is 0 Å². The van der Waals surface area contributed by atoms with E-state index in [4.69, 9.17) is 10.3 Å². The lowest BCUT2D eigenvalue weighted by Crippen LogP contribution is -2.02. The van der Waals surface area contributed by atoms with Crippen LogP contribution in [0.1, 0.15) is 50.7 Å². The Kier molecular flexibility index (Phi) is 3.05. The standard InChI is InChI=1S/C11H19N3O/c1-11(6-7-11)10-13-9(15-14-10)5-3-2-4-8-12/h2-8,12H2,1H3. The van der Waals surface area contributed by atoms with Gasteiger partial charge in [-0.2, -0.15) is 4.98 Å². The maximum Gasteiger partial charge on any atom is 0.226 e. The van der Waals surface area contributed by atoms with Crippen molar-refractivity contribution in [3.63, 3.8) is 0 Å². The third-order valence-corrected chi connectivity index (χ3v) is 3.10. The number of aryl methyl sites for hydroxylation is 1. The van der Waals surface area contributed by atoms with Crippen LogP contribution < -0.4 is 5.73 Å². The van der Waals surface area contributed by atoms with Crippen LogP contribution in [0.4, 0.5) is 0 Å². The Morgan fingerprint density at radius 3 is 2.80 bits per heavy atom. The molecule has 0 spiro atoms. The number of unbranched alkanes of at least 4 members (excludes halogenated alkanes) is 2. The SMILES string of the molecule is CC1(c2noc(CCCCCN)n2)CC1. The third-order valence-electron chi connectivity index (χ3n) is 3.10. The van der Waals surface area contributed by atoms with Crippen LogP contribution in [0.15, 0.2) is 4.52 Å². The van der Waals surface area contributed by atoms with Gasteiger partial charge in [-0.3, -0.25) is 0 Å². The largest absolute Gasteiger partial charge is 0.339 e. The number of nitrogens with zero attached hydrogens (tertiary/aromatic N) is 2. The molecular formula is C11H19N3O. The molecule has 2 rings (SSSR count). The second-order valence-electron chi connectivity index (χ2n) is 4.67. The molecule has 0 atom stereocenters. The highest BCUT2D eigenvalue weighted by atomic mass is 16.5. The van der Waals surface area contributed by atoms with E-state index >= 15 is 0 Å². The van der Waals surface area contributed by atoms with Gasteiger partial charge in [0.15, 0.2) is 5.82 Å². The van der Waals surface area contributed by atoms with Crippen LogP contribution in [0.25, 0.3) is 0 Å². The molecule has 1 aliphatic carbocycles. The van der Waals surface area contributed by atoms with E-state index in [-0.39, 0.29) is 5.41 Å². The van der Waals surface area contributed by atoms with Crippen molar-refractivity contribution in [3.05, 3.63) is 11.7 Å². The highest BCUT2D eigenvalue weighted by molar-refractivity contribution is 5.14. The molecule has 84 valence electrons. The molecule has 0 aliphatic heterocycles. The molecule has 1 saturated carbocycles. The minimum absolute atomic E-state index is 0.221. The van der Waals surface area contributed by atoms with Crippen molar-refractivity contribution in [2.45, 2.75) is 50.9 Å². The summed E-state index contributed by atoms with van der Waals surface area (Å²) < 4.78 is 5.22. The Hall–Kier alpha value is -0.900. The molecule has 0 bridgehead atoms. The molecular weight excluding hydrogens is 190 g/mol. The van der Waals surface area contributed by atoms with E-state index in [0.29, 0.717) is 0 Å². The zero-order valence-electron chi connectivity index (χ0n) is 9.33. The van der Waals surface area contributed by atoms with E-state index in [1.54, 1.807) is 0 Å². The smallest absolute Gasteiger partial charge is 0.226 e. The lowest BCUT2D eigenvalue weighted by atomic mass is 10.1. The maximum atomic E-state index is 5.43. The predicted molar refractivity (Wildman–Crippen MR) is 57.5 cm³/mol. The molecule has 0 unspecified atom stereocenters. The monoisotopic (exact) mass is 209 g/mol. The average Bonchev–Trinajstić information content (AvgIpc) is 2.82. The normalized spacial score (nSPS) is 18.0. The molecule has 4 heteroatoms. The van der Waals surface area contributed by atoms with Crippen LogP contribution in [0, 0.1) is 0 Å². The highest BCUT2D eigenvalue weighted by Crippen LogP contribution is 2.45. The molecule has 0 aromatic carbocycles. The van der Waals surface area contributed by atoms with Gasteiger partial charge in [0, 0.05) is 11.8 Å². The van der Waals surface area contributed by atoms with Crippen LogP contribution in [0.3, 0.4) is 0 Å². The van der Waals surface area contributed by atoms with Gasteiger partial charge < -0.3 is 10.3 Å². The van der Waals surface area contributed by atoms with E-state index < -0.39 is 0 Å². The fourth-order valence-corrected chi connectivity index (χ4v) is 1.61. The van der Waals surface area contributed by atoms with Crippen LogP contribution in [-0.2, 0) is 11.8 Å². The molecule has 0 radical (unpaired) electrons. The minimum Gasteiger partial charge on any atom is -0.339 e. The quantitative estimate of drug-likeness (QED) is 0.725. The Balaban J connectivity index is 1.80. The molecule has 1 fully saturated rings. The van der Waals surface area contributed by atoms with Crippen molar-refractivity contribution >= 4 is 0 Å². The molecule has 15 heavy (non-hydrogen) atoms.